The fourth-order valence-corrected chi connectivity index (χ4v) is 2.36. The Bertz CT molecular complexity index is 397. The van der Waals surface area contributed by atoms with Gasteiger partial charge in [0.25, 0.3) is 0 Å². The summed E-state index contributed by atoms with van der Waals surface area (Å²) in [6.45, 7) is 2.69. The summed E-state index contributed by atoms with van der Waals surface area (Å²) in [6.07, 6.45) is 0.972. The van der Waals surface area contributed by atoms with Crippen LogP contribution in [0.1, 0.15) is 24.9 Å². The summed E-state index contributed by atoms with van der Waals surface area (Å²) < 4.78 is 24.3. The molecule has 0 saturated carbocycles. The minimum atomic E-state index is -0.321. The maximum Gasteiger partial charge on any atom is 0.131 e. The Kier molecular flexibility index (Phi) is 3.64. The number of hydrogen-bond acceptors (Lipinski definition) is 3. The lowest BCUT2D eigenvalue weighted by Gasteiger charge is -2.22. The Morgan fingerprint density at radius 1 is 1.53 bits per heavy atom. The van der Waals surface area contributed by atoms with Crippen LogP contribution < -0.4 is 10.5 Å². The van der Waals surface area contributed by atoms with E-state index in [1.165, 1.54) is 13.2 Å². The molecule has 94 valence electrons. The minimum absolute atomic E-state index is 0.0894. The Hall–Kier alpha value is -1.13. The molecule has 0 aliphatic carbocycles. The first-order valence-electron chi connectivity index (χ1n) is 5.84. The molecule has 1 aliphatic rings. The van der Waals surface area contributed by atoms with Crippen LogP contribution in [0.2, 0.25) is 0 Å². The van der Waals surface area contributed by atoms with Gasteiger partial charge in [0.15, 0.2) is 0 Å². The van der Waals surface area contributed by atoms with E-state index in [2.05, 4.69) is 0 Å². The van der Waals surface area contributed by atoms with E-state index in [1.54, 1.807) is 12.1 Å². The zero-order chi connectivity index (χ0) is 12.4. The second-order valence-corrected chi connectivity index (χ2v) is 4.44. The molecule has 2 rings (SSSR count). The van der Waals surface area contributed by atoms with Crippen molar-refractivity contribution in [1.29, 1.82) is 0 Å². The summed E-state index contributed by atoms with van der Waals surface area (Å²) in [5.74, 6) is 0.378. The van der Waals surface area contributed by atoms with Crippen LogP contribution in [0.3, 0.4) is 0 Å². The van der Waals surface area contributed by atoms with Gasteiger partial charge in [-0.1, -0.05) is 6.07 Å². The van der Waals surface area contributed by atoms with Crippen molar-refractivity contribution >= 4 is 0 Å². The van der Waals surface area contributed by atoms with E-state index in [-0.39, 0.29) is 23.9 Å². The zero-order valence-electron chi connectivity index (χ0n) is 10.2. The van der Waals surface area contributed by atoms with Crippen LogP contribution in [0.4, 0.5) is 4.39 Å². The summed E-state index contributed by atoms with van der Waals surface area (Å²) >= 11 is 0. The highest BCUT2D eigenvalue weighted by molar-refractivity contribution is 5.31. The Labute approximate surface area is 101 Å². The molecule has 4 heteroatoms. The van der Waals surface area contributed by atoms with Crippen molar-refractivity contribution < 1.29 is 13.9 Å². The molecule has 0 bridgehead atoms. The molecule has 0 amide bonds. The number of ether oxygens (including phenoxy) is 2. The number of nitrogens with two attached hydrogens (primary N) is 1. The molecule has 0 spiro atoms. The minimum Gasteiger partial charge on any atom is -0.497 e. The summed E-state index contributed by atoms with van der Waals surface area (Å²) in [4.78, 5) is 0. The Morgan fingerprint density at radius 2 is 2.29 bits per heavy atom. The average molecular weight is 239 g/mol. The van der Waals surface area contributed by atoms with E-state index in [1.807, 2.05) is 6.92 Å². The Morgan fingerprint density at radius 3 is 2.82 bits per heavy atom. The summed E-state index contributed by atoms with van der Waals surface area (Å²) in [6, 6.07) is 4.48. The quantitative estimate of drug-likeness (QED) is 0.880. The van der Waals surface area contributed by atoms with E-state index in [4.69, 9.17) is 15.2 Å². The summed E-state index contributed by atoms with van der Waals surface area (Å²) in [7, 11) is 1.52. The predicted molar refractivity (Wildman–Crippen MR) is 63.4 cm³/mol. The van der Waals surface area contributed by atoms with Crippen molar-refractivity contribution in [2.75, 3.05) is 13.7 Å². The largest absolute Gasteiger partial charge is 0.497 e. The molecular formula is C13H18FNO2. The average Bonchev–Trinajstić information content (AvgIpc) is 2.74. The molecule has 1 aromatic carbocycles. The first-order chi connectivity index (χ1) is 8.13. The Balaban J connectivity index is 2.21. The highest BCUT2D eigenvalue weighted by Gasteiger charge is 2.31. The van der Waals surface area contributed by atoms with Crippen LogP contribution in [0.25, 0.3) is 0 Å². The fourth-order valence-electron chi connectivity index (χ4n) is 2.36. The molecule has 3 unspecified atom stereocenters. The number of halogens is 1. The number of hydrogen-bond donors (Lipinski definition) is 1. The van der Waals surface area contributed by atoms with E-state index in [0.29, 0.717) is 17.9 Å². The van der Waals surface area contributed by atoms with Gasteiger partial charge in [-0.3, -0.25) is 0 Å². The van der Waals surface area contributed by atoms with Gasteiger partial charge in [0, 0.05) is 30.2 Å². The van der Waals surface area contributed by atoms with Crippen LogP contribution in [-0.2, 0) is 4.74 Å². The van der Waals surface area contributed by atoms with Gasteiger partial charge >= 0.3 is 0 Å². The van der Waals surface area contributed by atoms with Crippen LogP contribution >= 0.6 is 0 Å². The molecular weight excluding hydrogens is 221 g/mol. The highest BCUT2D eigenvalue weighted by Crippen LogP contribution is 2.33. The molecule has 3 atom stereocenters. The van der Waals surface area contributed by atoms with Crippen molar-refractivity contribution in [1.82, 2.24) is 0 Å². The van der Waals surface area contributed by atoms with Gasteiger partial charge < -0.3 is 15.2 Å². The van der Waals surface area contributed by atoms with Crippen LogP contribution in [0, 0.1) is 11.7 Å². The van der Waals surface area contributed by atoms with Crippen LogP contribution in [0.5, 0.6) is 5.75 Å². The molecule has 1 aromatic rings. The number of rotatable bonds is 3. The van der Waals surface area contributed by atoms with E-state index in [0.717, 1.165) is 6.42 Å². The van der Waals surface area contributed by atoms with E-state index < -0.39 is 0 Å². The van der Waals surface area contributed by atoms with Crippen molar-refractivity contribution in [3.8, 4) is 5.75 Å². The normalized spacial score (nSPS) is 25.9. The molecule has 3 nitrogen and oxygen atoms in total. The third-order valence-electron chi connectivity index (χ3n) is 3.46. The second kappa shape index (κ2) is 5.02. The number of benzene rings is 1. The van der Waals surface area contributed by atoms with Crippen molar-refractivity contribution in [2.45, 2.75) is 25.5 Å². The fraction of sp³-hybridized carbons (Fsp3) is 0.538. The number of methoxy groups -OCH3 is 1. The molecule has 0 aromatic heterocycles. The molecule has 1 fully saturated rings. The molecule has 0 radical (unpaired) electrons. The molecule has 1 saturated heterocycles. The van der Waals surface area contributed by atoms with Gasteiger partial charge in [0.1, 0.15) is 11.6 Å². The van der Waals surface area contributed by atoms with Crippen molar-refractivity contribution in [3.63, 3.8) is 0 Å². The summed E-state index contributed by atoms with van der Waals surface area (Å²) in [5, 5.41) is 0. The SMILES string of the molecule is COc1ccc(C(N)C2CCOC2C)c(F)c1. The van der Waals surface area contributed by atoms with Crippen molar-refractivity contribution in [3.05, 3.63) is 29.6 Å². The lowest BCUT2D eigenvalue weighted by atomic mass is 9.89. The first kappa shape index (κ1) is 12.3. The standard InChI is InChI=1S/C13H18FNO2/c1-8-10(5-6-17-8)13(15)11-4-3-9(16-2)7-12(11)14/h3-4,7-8,10,13H,5-6,15H2,1-2H3. The van der Waals surface area contributed by atoms with Gasteiger partial charge in [-0.05, 0) is 19.4 Å². The molecule has 1 aliphatic heterocycles. The molecule has 2 N–H and O–H groups in total. The van der Waals surface area contributed by atoms with Crippen molar-refractivity contribution in [2.24, 2.45) is 11.7 Å². The summed E-state index contributed by atoms with van der Waals surface area (Å²) in [5.41, 5.74) is 6.66. The van der Waals surface area contributed by atoms with Gasteiger partial charge in [-0.25, -0.2) is 4.39 Å². The maximum atomic E-state index is 13.9. The topological polar surface area (TPSA) is 44.5 Å². The monoisotopic (exact) mass is 239 g/mol. The van der Waals surface area contributed by atoms with Gasteiger partial charge in [-0.15, -0.1) is 0 Å². The van der Waals surface area contributed by atoms with Gasteiger partial charge in [0.2, 0.25) is 0 Å². The lowest BCUT2D eigenvalue weighted by molar-refractivity contribution is 0.0992. The molecule has 1 heterocycles. The first-order valence-corrected chi connectivity index (χ1v) is 5.84. The maximum absolute atomic E-state index is 13.9. The van der Waals surface area contributed by atoms with Gasteiger partial charge in [0.05, 0.1) is 13.2 Å². The third kappa shape index (κ3) is 2.42. The highest BCUT2D eigenvalue weighted by atomic mass is 19.1. The zero-order valence-corrected chi connectivity index (χ0v) is 10.2. The van der Waals surface area contributed by atoms with E-state index >= 15 is 0 Å². The lowest BCUT2D eigenvalue weighted by Crippen LogP contribution is -2.27. The van der Waals surface area contributed by atoms with Crippen LogP contribution in [0.15, 0.2) is 18.2 Å². The van der Waals surface area contributed by atoms with Crippen LogP contribution in [-0.4, -0.2) is 19.8 Å². The van der Waals surface area contributed by atoms with E-state index in [9.17, 15) is 4.39 Å². The smallest absolute Gasteiger partial charge is 0.131 e. The molecule has 17 heavy (non-hydrogen) atoms. The predicted octanol–water partition coefficient (Wildman–Crippen LogP) is 2.26. The second-order valence-electron chi connectivity index (χ2n) is 4.44. The third-order valence-corrected chi connectivity index (χ3v) is 3.46. The van der Waals surface area contributed by atoms with Gasteiger partial charge in [-0.2, -0.15) is 0 Å².